The summed E-state index contributed by atoms with van der Waals surface area (Å²) in [5, 5.41) is 28.2. The molecule has 90 valence electrons. The summed E-state index contributed by atoms with van der Waals surface area (Å²) in [6, 6.07) is 0. The summed E-state index contributed by atoms with van der Waals surface area (Å²) in [5.74, 6) is 0. The minimum atomic E-state index is -1.11. The van der Waals surface area contributed by atoms with Crippen molar-refractivity contribution in [2.75, 3.05) is 20.3 Å². The Morgan fingerprint density at radius 2 is 2.00 bits per heavy atom. The Morgan fingerprint density at radius 1 is 1.33 bits per heavy atom. The molecule has 1 saturated heterocycles. The van der Waals surface area contributed by atoms with Crippen molar-refractivity contribution in [3.8, 4) is 0 Å². The Kier molecular flexibility index (Phi) is 4.91. The summed E-state index contributed by atoms with van der Waals surface area (Å²) >= 11 is 0. The van der Waals surface area contributed by atoms with Gasteiger partial charge in [0.1, 0.15) is 24.4 Å². The van der Waals surface area contributed by atoms with Crippen LogP contribution in [0.2, 0.25) is 0 Å². The third-order valence-corrected chi connectivity index (χ3v) is 2.44. The zero-order valence-corrected chi connectivity index (χ0v) is 8.87. The second kappa shape index (κ2) is 5.74. The van der Waals surface area contributed by atoms with Crippen molar-refractivity contribution in [1.29, 1.82) is 0 Å². The molecule has 0 unspecified atom stereocenters. The lowest BCUT2D eigenvalue weighted by Crippen LogP contribution is -2.41. The first kappa shape index (κ1) is 12.8. The molecule has 0 radical (unpaired) electrons. The van der Waals surface area contributed by atoms with Gasteiger partial charge in [0.05, 0.1) is 6.61 Å². The first-order valence-electron chi connectivity index (χ1n) is 4.92. The lowest BCUT2D eigenvalue weighted by molar-refractivity contribution is -0.181. The second-order valence-corrected chi connectivity index (χ2v) is 3.36. The van der Waals surface area contributed by atoms with Crippen molar-refractivity contribution >= 4 is 0 Å². The molecule has 0 aromatic carbocycles. The standard InChI is InChI=1S/C9H18O6/c1-3-14-9-7(12)6(11)8(15-9)5(4-10)13-2/h5-12H,3-4H2,1-2H3/t5-,6-,7-,8-,9-/m1/s1. The Bertz CT molecular complexity index is 183. The van der Waals surface area contributed by atoms with Crippen LogP contribution in [0.4, 0.5) is 0 Å². The number of hydrogen-bond donors (Lipinski definition) is 3. The van der Waals surface area contributed by atoms with Crippen molar-refractivity contribution < 1.29 is 29.5 Å². The zero-order chi connectivity index (χ0) is 11.4. The maximum atomic E-state index is 9.64. The van der Waals surface area contributed by atoms with Gasteiger partial charge in [-0.25, -0.2) is 0 Å². The SMILES string of the molecule is CCO[C@@H]1O[C@H]([C@@H](CO)OC)[C@H](O)[C@H]1O. The fourth-order valence-electron chi connectivity index (χ4n) is 1.59. The molecule has 1 aliphatic heterocycles. The molecule has 0 spiro atoms. The average Bonchev–Trinajstić information content (AvgIpc) is 2.50. The average molecular weight is 222 g/mol. The molecule has 5 atom stereocenters. The molecular formula is C9H18O6. The van der Waals surface area contributed by atoms with Crippen LogP contribution in [0.5, 0.6) is 0 Å². The van der Waals surface area contributed by atoms with Gasteiger partial charge < -0.3 is 29.5 Å². The van der Waals surface area contributed by atoms with Crippen LogP contribution in [0.1, 0.15) is 6.92 Å². The quantitative estimate of drug-likeness (QED) is 0.523. The molecule has 6 nitrogen and oxygen atoms in total. The summed E-state index contributed by atoms with van der Waals surface area (Å²) in [4.78, 5) is 0. The van der Waals surface area contributed by atoms with E-state index in [0.717, 1.165) is 0 Å². The number of rotatable bonds is 5. The van der Waals surface area contributed by atoms with Gasteiger partial charge in [0, 0.05) is 13.7 Å². The van der Waals surface area contributed by atoms with Gasteiger partial charge in [0.2, 0.25) is 0 Å². The van der Waals surface area contributed by atoms with Crippen LogP contribution in [0.3, 0.4) is 0 Å². The van der Waals surface area contributed by atoms with Crippen molar-refractivity contribution in [1.82, 2.24) is 0 Å². The largest absolute Gasteiger partial charge is 0.394 e. The van der Waals surface area contributed by atoms with E-state index in [0.29, 0.717) is 6.61 Å². The number of aliphatic hydroxyl groups excluding tert-OH is 3. The maximum absolute atomic E-state index is 9.64. The first-order chi connectivity index (χ1) is 7.15. The summed E-state index contributed by atoms with van der Waals surface area (Å²) in [7, 11) is 1.40. The minimum absolute atomic E-state index is 0.288. The fraction of sp³-hybridized carbons (Fsp3) is 1.00. The summed E-state index contributed by atoms with van der Waals surface area (Å²) in [6.07, 6.45) is -4.52. The highest BCUT2D eigenvalue weighted by molar-refractivity contribution is 4.91. The van der Waals surface area contributed by atoms with Crippen LogP contribution >= 0.6 is 0 Å². The van der Waals surface area contributed by atoms with E-state index in [2.05, 4.69) is 0 Å². The molecule has 0 bridgehead atoms. The molecule has 0 aromatic rings. The third kappa shape index (κ3) is 2.66. The summed E-state index contributed by atoms with van der Waals surface area (Å²) in [5.41, 5.74) is 0. The Balaban J connectivity index is 2.61. The molecule has 1 aliphatic rings. The van der Waals surface area contributed by atoms with E-state index in [9.17, 15) is 10.2 Å². The Labute approximate surface area is 88.4 Å². The monoisotopic (exact) mass is 222 g/mol. The Hall–Kier alpha value is -0.240. The highest BCUT2D eigenvalue weighted by Gasteiger charge is 2.46. The summed E-state index contributed by atoms with van der Waals surface area (Å²) < 4.78 is 15.3. The molecule has 3 N–H and O–H groups in total. The molecule has 1 fully saturated rings. The van der Waals surface area contributed by atoms with Crippen LogP contribution in [0.15, 0.2) is 0 Å². The lowest BCUT2D eigenvalue weighted by Gasteiger charge is -2.22. The molecule has 0 amide bonds. The Morgan fingerprint density at radius 3 is 2.47 bits per heavy atom. The highest BCUT2D eigenvalue weighted by atomic mass is 16.7. The van der Waals surface area contributed by atoms with Crippen LogP contribution in [-0.4, -0.2) is 66.3 Å². The molecular weight excluding hydrogens is 204 g/mol. The van der Waals surface area contributed by atoms with Gasteiger partial charge in [0.25, 0.3) is 0 Å². The van der Waals surface area contributed by atoms with E-state index in [1.807, 2.05) is 0 Å². The smallest absolute Gasteiger partial charge is 0.186 e. The van der Waals surface area contributed by atoms with E-state index in [-0.39, 0.29) is 6.61 Å². The molecule has 1 heterocycles. The van der Waals surface area contributed by atoms with E-state index < -0.39 is 30.7 Å². The van der Waals surface area contributed by atoms with Gasteiger partial charge in [0.15, 0.2) is 6.29 Å². The van der Waals surface area contributed by atoms with E-state index in [1.165, 1.54) is 7.11 Å². The molecule has 0 saturated carbocycles. The van der Waals surface area contributed by atoms with Gasteiger partial charge >= 0.3 is 0 Å². The topological polar surface area (TPSA) is 88.4 Å². The number of methoxy groups -OCH3 is 1. The van der Waals surface area contributed by atoms with Crippen LogP contribution in [0.25, 0.3) is 0 Å². The van der Waals surface area contributed by atoms with Crippen molar-refractivity contribution in [2.45, 2.75) is 37.6 Å². The summed E-state index contributed by atoms with van der Waals surface area (Å²) in [6.45, 7) is 1.84. The van der Waals surface area contributed by atoms with Crippen LogP contribution in [0, 0.1) is 0 Å². The van der Waals surface area contributed by atoms with Crippen molar-refractivity contribution in [3.63, 3.8) is 0 Å². The normalized spacial score (nSPS) is 38.2. The number of hydrogen-bond acceptors (Lipinski definition) is 6. The first-order valence-corrected chi connectivity index (χ1v) is 4.92. The molecule has 0 aliphatic carbocycles. The predicted molar refractivity (Wildman–Crippen MR) is 50.2 cm³/mol. The maximum Gasteiger partial charge on any atom is 0.186 e. The number of aliphatic hydroxyl groups is 3. The van der Waals surface area contributed by atoms with Crippen LogP contribution < -0.4 is 0 Å². The third-order valence-electron chi connectivity index (χ3n) is 2.44. The van der Waals surface area contributed by atoms with Gasteiger partial charge in [-0.15, -0.1) is 0 Å². The van der Waals surface area contributed by atoms with Crippen LogP contribution in [-0.2, 0) is 14.2 Å². The fourth-order valence-corrected chi connectivity index (χ4v) is 1.59. The van der Waals surface area contributed by atoms with Gasteiger partial charge in [-0.3, -0.25) is 0 Å². The van der Waals surface area contributed by atoms with Gasteiger partial charge in [-0.2, -0.15) is 0 Å². The second-order valence-electron chi connectivity index (χ2n) is 3.36. The van der Waals surface area contributed by atoms with Crippen molar-refractivity contribution in [2.24, 2.45) is 0 Å². The van der Waals surface area contributed by atoms with E-state index in [1.54, 1.807) is 6.92 Å². The highest BCUT2D eigenvalue weighted by Crippen LogP contribution is 2.25. The molecule has 15 heavy (non-hydrogen) atoms. The lowest BCUT2D eigenvalue weighted by atomic mass is 10.1. The van der Waals surface area contributed by atoms with E-state index in [4.69, 9.17) is 19.3 Å². The number of ether oxygens (including phenoxy) is 3. The predicted octanol–water partition coefficient (Wildman–Crippen LogP) is -1.52. The van der Waals surface area contributed by atoms with Gasteiger partial charge in [-0.1, -0.05) is 0 Å². The molecule has 0 aromatic heterocycles. The zero-order valence-electron chi connectivity index (χ0n) is 8.87. The van der Waals surface area contributed by atoms with Gasteiger partial charge in [-0.05, 0) is 6.92 Å². The molecule has 6 heteroatoms. The molecule has 1 rings (SSSR count). The van der Waals surface area contributed by atoms with E-state index >= 15 is 0 Å². The van der Waals surface area contributed by atoms with Crippen molar-refractivity contribution in [3.05, 3.63) is 0 Å². The minimum Gasteiger partial charge on any atom is -0.394 e.